The van der Waals surface area contributed by atoms with E-state index >= 15 is 0 Å². The first-order valence-electron chi connectivity index (χ1n) is 10.3. The third-order valence-corrected chi connectivity index (χ3v) is 5.25. The van der Waals surface area contributed by atoms with Gasteiger partial charge in [0.25, 0.3) is 5.91 Å². The van der Waals surface area contributed by atoms with Crippen LogP contribution in [0.15, 0.2) is 47.6 Å². The lowest BCUT2D eigenvalue weighted by Crippen LogP contribution is -2.38. The van der Waals surface area contributed by atoms with Crippen molar-refractivity contribution in [2.24, 2.45) is 5.16 Å². The van der Waals surface area contributed by atoms with Crippen LogP contribution in [0.1, 0.15) is 36.8 Å². The normalized spacial score (nSPS) is 17.2. The molecule has 1 amide bonds. The number of oxime groups is 1. The van der Waals surface area contributed by atoms with Crippen molar-refractivity contribution in [2.45, 2.75) is 32.3 Å². The van der Waals surface area contributed by atoms with E-state index in [0.717, 1.165) is 42.8 Å². The maximum atomic E-state index is 13.0. The molecular formula is C23H25FN2O4. The molecule has 2 heterocycles. The van der Waals surface area contributed by atoms with Crippen LogP contribution in [0.3, 0.4) is 0 Å². The van der Waals surface area contributed by atoms with Crippen LogP contribution in [-0.4, -0.2) is 42.8 Å². The summed E-state index contributed by atoms with van der Waals surface area (Å²) in [4.78, 5) is 19.6. The molecule has 7 heteroatoms. The number of hydrogen-bond donors (Lipinski definition) is 0. The SMILES string of the molecule is O=C(COc1ccc2c(c1)OCC/C2=N\OCc1ccc(F)cc1)N1CCCCC1. The topological polar surface area (TPSA) is 60.4 Å². The lowest BCUT2D eigenvalue weighted by Gasteiger charge is -2.26. The molecule has 0 N–H and O–H groups in total. The molecular weight excluding hydrogens is 387 g/mol. The minimum atomic E-state index is -0.279. The van der Waals surface area contributed by atoms with Crippen LogP contribution in [-0.2, 0) is 16.2 Å². The molecule has 1 fully saturated rings. The Balaban J connectivity index is 1.35. The Morgan fingerprint density at radius 2 is 1.90 bits per heavy atom. The number of halogens is 1. The van der Waals surface area contributed by atoms with Gasteiger partial charge >= 0.3 is 0 Å². The van der Waals surface area contributed by atoms with Crippen molar-refractivity contribution in [3.63, 3.8) is 0 Å². The van der Waals surface area contributed by atoms with Gasteiger partial charge < -0.3 is 19.2 Å². The number of fused-ring (bicyclic) bond motifs is 1. The summed E-state index contributed by atoms with van der Waals surface area (Å²) in [5.41, 5.74) is 2.47. The van der Waals surface area contributed by atoms with Crippen LogP contribution in [0.4, 0.5) is 4.39 Å². The molecule has 2 aromatic carbocycles. The molecule has 2 aromatic rings. The van der Waals surface area contributed by atoms with E-state index in [-0.39, 0.29) is 24.9 Å². The number of benzene rings is 2. The van der Waals surface area contributed by atoms with Crippen molar-refractivity contribution in [2.75, 3.05) is 26.3 Å². The molecule has 4 rings (SSSR count). The summed E-state index contributed by atoms with van der Waals surface area (Å²) in [6, 6.07) is 11.6. The van der Waals surface area contributed by atoms with Gasteiger partial charge in [-0.25, -0.2) is 4.39 Å². The summed E-state index contributed by atoms with van der Waals surface area (Å²) in [5.74, 6) is 0.991. The number of rotatable bonds is 6. The molecule has 0 aliphatic carbocycles. The van der Waals surface area contributed by atoms with Gasteiger partial charge in [-0.1, -0.05) is 17.3 Å². The second kappa shape index (κ2) is 9.61. The van der Waals surface area contributed by atoms with Gasteiger partial charge in [0, 0.05) is 31.1 Å². The first-order chi connectivity index (χ1) is 14.7. The Hall–Kier alpha value is -3.09. The Morgan fingerprint density at radius 1 is 1.10 bits per heavy atom. The van der Waals surface area contributed by atoms with Gasteiger partial charge in [-0.15, -0.1) is 0 Å². The van der Waals surface area contributed by atoms with E-state index < -0.39 is 0 Å². The van der Waals surface area contributed by atoms with Crippen molar-refractivity contribution in [3.05, 3.63) is 59.4 Å². The highest BCUT2D eigenvalue weighted by Gasteiger charge is 2.20. The molecule has 0 saturated carbocycles. The molecule has 6 nitrogen and oxygen atoms in total. The Morgan fingerprint density at radius 3 is 2.70 bits per heavy atom. The van der Waals surface area contributed by atoms with E-state index in [2.05, 4.69) is 5.16 Å². The minimum Gasteiger partial charge on any atom is -0.492 e. The molecule has 0 spiro atoms. The molecule has 0 atom stereocenters. The highest BCUT2D eigenvalue weighted by atomic mass is 19.1. The average molecular weight is 412 g/mol. The number of amides is 1. The molecule has 2 aliphatic heterocycles. The van der Waals surface area contributed by atoms with Gasteiger partial charge in [-0.3, -0.25) is 4.79 Å². The fourth-order valence-corrected chi connectivity index (χ4v) is 3.58. The molecule has 0 radical (unpaired) electrons. The number of nitrogens with zero attached hydrogens (tertiary/aromatic N) is 2. The van der Waals surface area contributed by atoms with Gasteiger partial charge in [0.2, 0.25) is 0 Å². The fourth-order valence-electron chi connectivity index (χ4n) is 3.58. The van der Waals surface area contributed by atoms with E-state index in [1.807, 2.05) is 17.0 Å². The summed E-state index contributed by atoms with van der Waals surface area (Å²) in [6.45, 7) is 2.41. The van der Waals surface area contributed by atoms with E-state index in [0.29, 0.717) is 24.5 Å². The van der Waals surface area contributed by atoms with E-state index in [4.69, 9.17) is 14.3 Å². The number of likely N-dealkylation sites (tertiary alicyclic amines) is 1. The predicted molar refractivity (Wildman–Crippen MR) is 110 cm³/mol. The highest BCUT2D eigenvalue weighted by Crippen LogP contribution is 2.30. The Kier molecular flexibility index (Phi) is 6.47. The predicted octanol–water partition coefficient (Wildman–Crippen LogP) is 3.92. The van der Waals surface area contributed by atoms with E-state index in [1.165, 1.54) is 18.6 Å². The van der Waals surface area contributed by atoms with E-state index in [9.17, 15) is 9.18 Å². The maximum absolute atomic E-state index is 13.0. The van der Waals surface area contributed by atoms with Gasteiger partial charge in [-0.05, 0) is 49.1 Å². The van der Waals surface area contributed by atoms with Crippen molar-refractivity contribution in [1.82, 2.24) is 4.90 Å². The monoisotopic (exact) mass is 412 g/mol. The van der Waals surface area contributed by atoms with Crippen LogP contribution in [0.5, 0.6) is 11.5 Å². The lowest BCUT2D eigenvalue weighted by atomic mass is 10.0. The van der Waals surface area contributed by atoms with E-state index in [1.54, 1.807) is 18.2 Å². The zero-order valence-electron chi connectivity index (χ0n) is 16.8. The molecule has 30 heavy (non-hydrogen) atoms. The van der Waals surface area contributed by atoms with Gasteiger partial charge in [0.1, 0.15) is 23.9 Å². The summed E-state index contributed by atoms with van der Waals surface area (Å²) in [5, 5.41) is 4.25. The molecule has 0 unspecified atom stereocenters. The smallest absolute Gasteiger partial charge is 0.260 e. The van der Waals surface area contributed by atoms with Crippen LogP contribution < -0.4 is 9.47 Å². The minimum absolute atomic E-state index is 0.0183. The van der Waals surface area contributed by atoms with Crippen molar-refractivity contribution in [1.29, 1.82) is 0 Å². The van der Waals surface area contributed by atoms with Crippen molar-refractivity contribution < 1.29 is 23.5 Å². The standard InChI is InChI=1S/C23H25FN2O4/c24-18-6-4-17(5-7-18)15-30-25-21-10-13-28-22-14-19(8-9-20(21)22)29-16-23(27)26-11-2-1-3-12-26/h4-9,14H,1-3,10-13,15-16H2/b25-21+. The quantitative estimate of drug-likeness (QED) is 0.675. The summed E-state index contributed by atoms with van der Waals surface area (Å²) >= 11 is 0. The first-order valence-corrected chi connectivity index (χ1v) is 10.3. The number of carbonyl (C=O) groups is 1. The maximum Gasteiger partial charge on any atom is 0.260 e. The number of piperidine rings is 1. The summed E-state index contributed by atoms with van der Waals surface area (Å²) in [6.07, 6.45) is 3.93. The van der Waals surface area contributed by atoms with Crippen LogP contribution >= 0.6 is 0 Å². The fraction of sp³-hybridized carbons (Fsp3) is 0.391. The molecule has 0 aromatic heterocycles. The Labute approximate surface area is 175 Å². The average Bonchev–Trinajstić information content (AvgIpc) is 2.79. The van der Waals surface area contributed by atoms with Crippen molar-refractivity contribution >= 4 is 11.6 Å². The van der Waals surface area contributed by atoms with Crippen LogP contribution in [0.25, 0.3) is 0 Å². The third-order valence-electron chi connectivity index (χ3n) is 5.25. The zero-order chi connectivity index (χ0) is 20.8. The lowest BCUT2D eigenvalue weighted by molar-refractivity contribution is -0.134. The molecule has 158 valence electrons. The summed E-state index contributed by atoms with van der Waals surface area (Å²) in [7, 11) is 0. The number of hydrogen-bond acceptors (Lipinski definition) is 5. The van der Waals surface area contributed by atoms with Gasteiger partial charge in [0.05, 0.1) is 12.3 Å². The first kappa shape index (κ1) is 20.2. The largest absolute Gasteiger partial charge is 0.492 e. The van der Waals surface area contributed by atoms with Crippen molar-refractivity contribution in [3.8, 4) is 11.5 Å². The van der Waals surface area contributed by atoms with Crippen LogP contribution in [0.2, 0.25) is 0 Å². The van der Waals surface area contributed by atoms with Crippen LogP contribution in [0, 0.1) is 5.82 Å². The van der Waals surface area contributed by atoms with Gasteiger partial charge in [-0.2, -0.15) is 0 Å². The molecule has 1 saturated heterocycles. The summed E-state index contributed by atoms with van der Waals surface area (Å²) < 4.78 is 24.4. The Bertz CT molecular complexity index is 908. The highest BCUT2D eigenvalue weighted by molar-refractivity contribution is 6.03. The second-order valence-corrected chi connectivity index (χ2v) is 7.42. The number of ether oxygens (including phenoxy) is 2. The molecule has 2 aliphatic rings. The molecule has 0 bridgehead atoms. The number of carbonyl (C=O) groups excluding carboxylic acids is 1. The second-order valence-electron chi connectivity index (χ2n) is 7.42. The van der Waals surface area contributed by atoms with Gasteiger partial charge in [0.15, 0.2) is 6.61 Å². The third kappa shape index (κ3) is 5.09. The zero-order valence-corrected chi connectivity index (χ0v) is 16.8.